The highest BCUT2D eigenvalue weighted by Crippen LogP contribution is 2.18. The summed E-state index contributed by atoms with van der Waals surface area (Å²) in [7, 11) is 1.79. The zero-order chi connectivity index (χ0) is 18.1. The van der Waals surface area contributed by atoms with Gasteiger partial charge in [0.25, 0.3) is 5.56 Å². The van der Waals surface area contributed by atoms with Crippen molar-refractivity contribution in [3.63, 3.8) is 0 Å². The molecule has 2 heterocycles. The number of aromatic nitrogens is 1. The fourth-order valence-electron chi connectivity index (χ4n) is 3.33. The Labute approximate surface area is 151 Å². The summed E-state index contributed by atoms with van der Waals surface area (Å²) in [5, 5.41) is 1.48. The van der Waals surface area contributed by atoms with E-state index in [0.717, 1.165) is 11.1 Å². The van der Waals surface area contributed by atoms with Gasteiger partial charge in [-0.25, -0.2) is 0 Å². The van der Waals surface area contributed by atoms with E-state index in [0.29, 0.717) is 23.9 Å². The molecule has 1 aromatic heterocycles. The highest BCUT2D eigenvalue weighted by molar-refractivity contribution is 5.87. The molecule has 1 aliphatic rings. The van der Waals surface area contributed by atoms with Crippen LogP contribution in [0, 0.1) is 17.8 Å². The third kappa shape index (κ3) is 2.89. The molecular weight excluding hydrogens is 324 g/mol. The Bertz CT molecular complexity index is 1100. The Morgan fingerprint density at radius 2 is 1.81 bits per heavy atom. The van der Waals surface area contributed by atoms with E-state index in [9.17, 15) is 9.59 Å². The van der Waals surface area contributed by atoms with Gasteiger partial charge in [0.2, 0.25) is 5.91 Å². The van der Waals surface area contributed by atoms with Gasteiger partial charge in [0.05, 0.1) is 5.39 Å². The fourth-order valence-corrected chi connectivity index (χ4v) is 3.33. The van der Waals surface area contributed by atoms with Gasteiger partial charge in [0, 0.05) is 43.4 Å². The first-order valence-corrected chi connectivity index (χ1v) is 8.59. The average molecular weight is 342 g/mol. The average Bonchev–Trinajstić information content (AvgIpc) is 2.98. The lowest BCUT2D eigenvalue weighted by Crippen LogP contribution is -2.18. The second-order valence-electron chi connectivity index (χ2n) is 6.54. The number of nitrogens with zero attached hydrogens (tertiary/aromatic N) is 2. The van der Waals surface area contributed by atoms with E-state index in [1.165, 1.54) is 0 Å². The molecule has 0 spiro atoms. The minimum absolute atomic E-state index is 0.0165. The summed E-state index contributed by atoms with van der Waals surface area (Å²) in [5.41, 5.74) is 1.45. The van der Waals surface area contributed by atoms with Crippen LogP contribution in [0.1, 0.15) is 12.0 Å². The topological polar surface area (TPSA) is 42.3 Å². The monoisotopic (exact) mass is 342 g/mol. The van der Waals surface area contributed by atoms with Crippen molar-refractivity contribution in [2.24, 2.45) is 5.92 Å². The van der Waals surface area contributed by atoms with Crippen LogP contribution in [-0.4, -0.2) is 29.0 Å². The molecule has 128 valence electrons. The van der Waals surface area contributed by atoms with Crippen molar-refractivity contribution in [1.29, 1.82) is 0 Å². The number of para-hydroxylation sites is 1. The molecule has 0 aliphatic carbocycles. The fraction of sp³-hybridized carbons (Fsp3) is 0.182. The Morgan fingerprint density at radius 3 is 2.54 bits per heavy atom. The standard InChI is InChI=1S/C22H18N2O2/c1-23-15-16(14-20(23)25)10-11-17-6-5-7-18-12-13-24(22(26)21(17)18)19-8-3-2-4-9-19/h2-9,12-13,16H,14-15H2,1H3. The summed E-state index contributed by atoms with van der Waals surface area (Å²) >= 11 is 0. The maximum absolute atomic E-state index is 13.1. The van der Waals surface area contributed by atoms with Crippen molar-refractivity contribution >= 4 is 16.7 Å². The van der Waals surface area contributed by atoms with E-state index in [1.54, 1.807) is 22.7 Å². The minimum Gasteiger partial charge on any atom is -0.344 e. The molecule has 1 atom stereocenters. The zero-order valence-corrected chi connectivity index (χ0v) is 14.5. The number of fused-ring (bicyclic) bond motifs is 1. The molecule has 26 heavy (non-hydrogen) atoms. The third-order valence-corrected chi connectivity index (χ3v) is 4.72. The Balaban J connectivity index is 1.82. The summed E-state index contributed by atoms with van der Waals surface area (Å²) in [6, 6.07) is 17.2. The van der Waals surface area contributed by atoms with Crippen LogP contribution in [0.3, 0.4) is 0 Å². The molecule has 1 aliphatic heterocycles. The smallest absolute Gasteiger partial charge is 0.264 e. The molecule has 1 amide bonds. The molecule has 0 bridgehead atoms. The molecule has 4 rings (SSSR count). The highest BCUT2D eigenvalue weighted by Gasteiger charge is 2.25. The van der Waals surface area contributed by atoms with Crippen molar-refractivity contribution in [1.82, 2.24) is 9.47 Å². The van der Waals surface area contributed by atoms with Crippen LogP contribution >= 0.6 is 0 Å². The van der Waals surface area contributed by atoms with Crippen LogP contribution in [0.2, 0.25) is 0 Å². The van der Waals surface area contributed by atoms with Crippen LogP contribution < -0.4 is 5.56 Å². The van der Waals surface area contributed by atoms with Crippen molar-refractivity contribution in [3.05, 3.63) is 76.7 Å². The molecule has 4 heteroatoms. The molecule has 0 saturated carbocycles. The lowest BCUT2D eigenvalue weighted by atomic mass is 10.0. The van der Waals surface area contributed by atoms with Crippen molar-refractivity contribution < 1.29 is 4.79 Å². The van der Waals surface area contributed by atoms with Gasteiger partial charge in [0.15, 0.2) is 0 Å². The third-order valence-electron chi connectivity index (χ3n) is 4.72. The van der Waals surface area contributed by atoms with Gasteiger partial charge in [0.1, 0.15) is 0 Å². The van der Waals surface area contributed by atoms with Gasteiger partial charge in [-0.15, -0.1) is 0 Å². The zero-order valence-electron chi connectivity index (χ0n) is 14.5. The minimum atomic E-state index is -0.0850. The van der Waals surface area contributed by atoms with E-state index in [2.05, 4.69) is 11.8 Å². The van der Waals surface area contributed by atoms with Crippen LogP contribution in [0.5, 0.6) is 0 Å². The number of hydrogen-bond acceptors (Lipinski definition) is 2. The first-order chi connectivity index (χ1) is 12.6. The number of carbonyl (C=O) groups is 1. The second-order valence-corrected chi connectivity index (χ2v) is 6.54. The lowest BCUT2D eigenvalue weighted by molar-refractivity contribution is -0.126. The van der Waals surface area contributed by atoms with E-state index in [-0.39, 0.29) is 17.4 Å². The number of likely N-dealkylation sites (tertiary alicyclic amines) is 1. The molecule has 1 fully saturated rings. The largest absolute Gasteiger partial charge is 0.344 e. The molecule has 3 aromatic rings. The molecule has 1 saturated heterocycles. The van der Waals surface area contributed by atoms with Crippen molar-refractivity contribution in [3.8, 4) is 17.5 Å². The van der Waals surface area contributed by atoms with Crippen LogP contribution in [-0.2, 0) is 4.79 Å². The second kappa shape index (κ2) is 6.53. The van der Waals surface area contributed by atoms with E-state index < -0.39 is 0 Å². The Kier molecular flexibility index (Phi) is 4.06. The summed E-state index contributed by atoms with van der Waals surface area (Å²) in [5.74, 6) is 6.46. The van der Waals surface area contributed by atoms with E-state index in [1.807, 2.05) is 54.6 Å². The van der Waals surface area contributed by atoms with Gasteiger partial charge in [-0.05, 0) is 29.7 Å². The summed E-state index contributed by atoms with van der Waals surface area (Å²) in [6.07, 6.45) is 2.24. The molecule has 4 nitrogen and oxygen atoms in total. The van der Waals surface area contributed by atoms with Gasteiger partial charge >= 0.3 is 0 Å². The first kappa shape index (κ1) is 16.2. The number of hydrogen-bond donors (Lipinski definition) is 0. The molecule has 0 radical (unpaired) electrons. The SMILES string of the molecule is CN1CC(C#Cc2cccc3ccn(-c4ccccc4)c(=O)c23)CC1=O. The van der Waals surface area contributed by atoms with E-state index in [4.69, 9.17) is 0 Å². The predicted molar refractivity (Wildman–Crippen MR) is 102 cm³/mol. The van der Waals surface area contributed by atoms with Gasteiger partial charge < -0.3 is 4.90 Å². The summed E-state index contributed by atoms with van der Waals surface area (Å²) in [4.78, 5) is 26.5. The number of amides is 1. The number of carbonyl (C=O) groups excluding carboxylic acids is 1. The number of rotatable bonds is 1. The van der Waals surface area contributed by atoms with Crippen LogP contribution in [0.4, 0.5) is 0 Å². The van der Waals surface area contributed by atoms with Crippen LogP contribution in [0.25, 0.3) is 16.5 Å². The van der Waals surface area contributed by atoms with E-state index >= 15 is 0 Å². The van der Waals surface area contributed by atoms with Gasteiger partial charge in [-0.3, -0.25) is 14.2 Å². The normalized spacial score (nSPS) is 16.6. The van der Waals surface area contributed by atoms with Crippen molar-refractivity contribution in [2.75, 3.05) is 13.6 Å². The Morgan fingerprint density at radius 1 is 1.00 bits per heavy atom. The first-order valence-electron chi connectivity index (χ1n) is 8.59. The van der Waals surface area contributed by atoms with Crippen LogP contribution in [0.15, 0.2) is 65.6 Å². The predicted octanol–water partition coefficient (Wildman–Crippen LogP) is 2.82. The molecular formula is C22H18N2O2. The maximum atomic E-state index is 13.1. The lowest BCUT2D eigenvalue weighted by Gasteiger charge is -2.08. The summed E-state index contributed by atoms with van der Waals surface area (Å²) in [6.45, 7) is 0.644. The molecule has 1 unspecified atom stereocenters. The van der Waals surface area contributed by atoms with Gasteiger partial charge in [-0.1, -0.05) is 42.2 Å². The quantitative estimate of drug-likeness (QED) is 0.638. The highest BCUT2D eigenvalue weighted by atomic mass is 16.2. The number of pyridine rings is 1. The number of benzene rings is 2. The van der Waals surface area contributed by atoms with Crippen molar-refractivity contribution in [2.45, 2.75) is 6.42 Å². The summed E-state index contributed by atoms with van der Waals surface area (Å²) < 4.78 is 1.64. The Hall–Kier alpha value is -3.32. The van der Waals surface area contributed by atoms with Gasteiger partial charge in [-0.2, -0.15) is 0 Å². The molecule has 0 N–H and O–H groups in total. The maximum Gasteiger partial charge on any atom is 0.264 e. The molecule has 2 aromatic carbocycles.